The minimum atomic E-state index is 0.263. The Bertz CT molecular complexity index is 643. The molecule has 1 atom stereocenters. The molecule has 0 spiro atoms. The highest BCUT2D eigenvalue weighted by Gasteiger charge is 2.24. The fourth-order valence-electron chi connectivity index (χ4n) is 2.87. The smallest absolute Gasteiger partial charge is 0.123 e. The van der Waals surface area contributed by atoms with Gasteiger partial charge in [-0.2, -0.15) is 0 Å². The van der Waals surface area contributed by atoms with Crippen molar-refractivity contribution in [1.29, 1.82) is 0 Å². The van der Waals surface area contributed by atoms with E-state index in [2.05, 4.69) is 32.8 Å². The van der Waals surface area contributed by atoms with Gasteiger partial charge in [0.2, 0.25) is 0 Å². The average Bonchev–Trinajstić information content (AvgIpc) is 3.08. The van der Waals surface area contributed by atoms with E-state index in [4.69, 9.17) is 4.74 Å². The zero-order valence-electron chi connectivity index (χ0n) is 14.0. The van der Waals surface area contributed by atoms with Crippen molar-refractivity contribution in [3.8, 4) is 5.75 Å². The van der Waals surface area contributed by atoms with Gasteiger partial charge in [-0.15, -0.1) is 11.3 Å². The van der Waals surface area contributed by atoms with Crippen molar-refractivity contribution in [2.45, 2.75) is 32.5 Å². The highest BCUT2D eigenvalue weighted by atomic mass is 32.1. The Labute approximate surface area is 141 Å². The summed E-state index contributed by atoms with van der Waals surface area (Å²) in [6.45, 7) is 5.92. The SMILES string of the molecule is Cc1ncc(CN2CCC(Oc3ccnc(CN(C)C)c3)C2)s1. The molecule has 2 aromatic heterocycles. The van der Waals surface area contributed by atoms with E-state index in [1.807, 2.05) is 32.6 Å². The molecule has 1 fully saturated rings. The molecule has 6 heteroatoms. The van der Waals surface area contributed by atoms with Gasteiger partial charge in [0.1, 0.15) is 11.9 Å². The van der Waals surface area contributed by atoms with Crippen LogP contribution in [-0.2, 0) is 13.1 Å². The maximum absolute atomic E-state index is 6.16. The van der Waals surface area contributed by atoms with Crippen molar-refractivity contribution >= 4 is 11.3 Å². The van der Waals surface area contributed by atoms with Crippen molar-refractivity contribution in [2.24, 2.45) is 0 Å². The van der Waals surface area contributed by atoms with Gasteiger partial charge in [0, 0.05) is 49.5 Å². The molecule has 3 heterocycles. The summed E-state index contributed by atoms with van der Waals surface area (Å²) in [4.78, 5) is 14.6. The van der Waals surface area contributed by atoms with E-state index in [9.17, 15) is 0 Å². The predicted molar refractivity (Wildman–Crippen MR) is 92.8 cm³/mol. The minimum Gasteiger partial charge on any atom is -0.489 e. The molecule has 0 aromatic carbocycles. The van der Waals surface area contributed by atoms with Crippen molar-refractivity contribution in [3.63, 3.8) is 0 Å². The minimum absolute atomic E-state index is 0.263. The summed E-state index contributed by atoms with van der Waals surface area (Å²) < 4.78 is 6.16. The summed E-state index contributed by atoms with van der Waals surface area (Å²) in [5, 5.41) is 1.14. The van der Waals surface area contributed by atoms with Gasteiger partial charge in [-0.3, -0.25) is 9.88 Å². The number of hydrogen-bond donors (Lipinski definition) is 0. The van der Waals surface area contributed by atoms with E-state index >= 15 is 0 Å². The van der Waals surface area contributed by atoms with Crippen LogP contribution in [0.4, 0.5) is 0 Å². The van der Waals surface area contributed by atoms with E-state index in [1.54, 1.807) is 11.3 Å². The largest absolute Gasteiger partial charge is 0.489 e. The third-order valence-electron chi connectivity index (χ3n) is 3.85. The highest BCUT2D eigenvalue weighted by Crippen LogP contribution is 2.22. The second-order valence-electron chi connectivity index (χ2n) is 6.33. The first kappa shape index (κ1) is 16.4. The zero-order valence-corrected chi connectivity index (χ0v) is 14.8. The van der Waals surface area contributed by atoms with Gasteiger partial charge in [-0.25, -0.2) is 4.98 Å². The van der Waals surface area contributed by atoms with Crippen molar-refractivity contribution in [3.05, 3.63) is 40.1 Å². The monoisotopic (exact) mass is 332 g/mol. The van der Waals surface area contributed by atoms with E-state index in [0.717, 1.165) is 49.1 Å². The van der Waals surface area contributed by atoms with Crippen molar-refractivity contribution < 1.29 is 4.74 Å². The first-order valence-electron chi connectivity index (χ1n) is 7.98. The van der Waals surface area contributed by atoms with Gasteiger partial charge in [0.25, 0.3) is 0 Å². The van der Waals surface area contributed by atoms with Crippen LogP contribution in [0.15, 0.2) is 24.5 Å². The number of ether oxygens (including phenoxy) is 1. The fourth-order valence-corrected chi connectivity index (χ4v) is 3.71. The van der Waals surface area contributed by atoms with Crippen LogP contribution in [0.3, 0.4) is 0 Å². The van der Waals surface area contributed by atoms with Gasteiger partial charge in [-0.1, -0.05) is 0 Å². The molecule has 124 valence electrons. The summed E-state index contributed by atoms with van der Waals surface area (Å²) in [5.74, 6) is 0.928. The third-order valence-corrected chi connectivity index (χ3v) is 4.74. The Morgan fingerprint density at radius 3 is 3.00 bits per heavy atom. The van der Waals surface area contributed by atoms with Crippen molar-refractivity contribution in [2.75, 3.05) is 27.2 Å². The number of aromatic nitrogens is 2. The molecule has 0 bridgehead atoms. The number of nitrogens with zero attached hydrogens (tertiary/aromatic N) is 4. The summed E-state index contributed by atoms with van der Waals surface area (Å²) >= 11 is 1.78. The van der Waals surface area contributed by atoms with Gasteiger partial charge in [0.05, 0.1) is 10.7 Å². The van der Waals surface area contributed by atoms with Crippen LogP contribution in [0.5, 0.6) is 5.75 Å². The van der Waals surface area contributed by atoms with Gasteiger partial charge < -0.3 is 9.64 Å². The molecule has 0 radical (unpaired) electrons. The van der Waals surface area contributed by atoms with Crippen molar-refractivity contribution in [1.82, 2.24) is 19.8 Å². The van der Waals surface area contributed by atoms with Gasteiger partial charge in [-0.05, 0) is 33.5 Å². The third kappa shape index (κ3) is 4.73. The lowest BCUT2D eigenvalue weighted by molar-refractivity contribution is 0.198. The second-order valence-corrected chi connectivity index (χ2v) is 7.65. The zero-order chi connectivity index (χ0) is 16.2. The van der Waals surface area contributed by atoms with Crippen LogP contribution in [0.25, 0.3) is 0 Å². The summed E-state index contributed by atoms with van der Waals surface area (Å²) in [5.41, 5.74) is 1.04. The quantitative estimate of drug-likeness (QED) is 0.813. The molecule has 23 heavy (non-hydrogen) atoms. The lowest BCUT2D eigenvalue weighted by atomic mass is 10.3. The van der Waals surface area contributed by atoms with Crippen LogP contribution in [-0.4, -0.2) is 53.1 Å². The molecular weight excluding hydrogens is 308 g/mol. The predicted octanol–water partition coefficient (Wildman–Crippen LogP) is 2.56. The fraction of sp³-hybridized carbons (Fsp3) is 0.529. The van der Waals surface area contributed by atoms with Crippen LogP contribution >= 0.6 is 11.3 Å². The molecule has 0 amide bonds. The molecule has 2 aromatic rings. The first-order chi connectivity index (χ1) is 11.1. The lowest BCUT2D eigenvalue weighted by Crippen LogP contribution is -2.24. The molecule has 1 aliphatic heterocycles. The molecule has 0 N–H and O–H groups in total. The van der Waals surface area contributed by atoms with Gasteiger partial charge >= 0.3 is 0 Å². The number of rotatable bonds is 6. The summed E-state index contributed by atoms with van der Waals surface area (Å²) in [6, 6.07) is 4.00. The number of pyridine rings is 1. The van der Waals surface area contributed by atoms with Crippen LogP contribution < -0.4 is 4.74 Å². The van der Waals surface area contributed by atoms with Crippen LogP contribution in [0.1, 0.15) is 22.0 Å². The standard InChI is InChI=1S/C17H24N4OS/c1-13-19-9-17(23-13)12-21-7-5-16(11-21)22-15-4-6-18-14(8-15)10-20(2)3/h4,6,8-9,16H,5,7,10-12H2,1-3H3. The molecular formula is C17H24N4OS. The number of aryl methyl sites for hydroxylation is 1. The second kappa shape index (κ2) is 7.38. The van der Waals surface area contributed by atoms with E-state index < -0.39 is 0 Å². The summed E-state index contributed by atoms with van der Waals surface area (Å²) in [6.07, 6.45) is 5.16. The Morgan fingerprint density at radius 1 is 1.39 bits per heavy atom. The van der Waals surface area contributed by atoms with E-state index in [0.29, 0.717) is 0 Å². The molecule has 0 saturated carbocycles. The first-order valence-corrected chi connectivity index (χ1v) is 8.80. The molecule has 3 rings (SSSR count). The average molecular weight is 332 g/mol. The normalized spacial score (nSPS) is 18.7. The topological polar surface area (TPSA) is 41.5 Å². The molecule has 1 aliphatic rings. The molecule has 1 unspecified atom stereocenters. The van der Waals surface area contributed by atoms with E-state index in [1.165, 1.54) is 4.88 Å². The Kier molecular flexibility index (Phi) is 5.25. The van der Waals surface area contributed by atoms with Crippen LogP contribution in [0.2, 0.25) is 0 Å². The highest BCUT2D eigenvalue weighted by molar-refractivity contribution is 7.11. The maximum atomic E-state index is 6.16. The van der Waals surface area contributed by atoms with E-state index in [-0.39, 0.29) is 6.10 Å². The number of likely N-dealkylation sites (tertiary alicyclic amines) is 1. The Balaban J connectivity index is 1.53. The molecule has 5 nitrogen and oxygen atoms in total. The molecule has 1 saturated heterocycles. The van der Waals surface area contributed by atoms with Crippen LogP contribution in [0, 0.1) is 6.92 Å². The Hall–Kier alpha value is -1.50. The van der Waals surface area contributed by atoms with Gasteiger partial charge in [0.15, 0.2) is 0 Å². The number of hydrogen-bond acceptors (Lipinski definition) is 6. The maximum Gasteiger partial charge on any atom is 0.123 e. The number of thiazole rings is 1. The Morgan fingerprint density at radius 2 is 2.26 bits per heavy atom. The summed E-state index contributed by atoms with van der Waals surface area (Å²) in [7, 11) is 4.09. The molecule has 0 aliphatic carbocycles. The lowest BCUT2D eigenvalue weighted by Gasteiger charge is -2.17.